The molecule has 0 aliphatic heterocycles. The van der Waals surface area contributed by atoms with Crippen LogP contribution in [-0.2, 0) is 6.42 Å². The molecule has 0 saturated carbocycles. The highest BCUT2D eigenvalue weighted by Crippen LogP contribution is 2.22. The maximum Gasteiger partial charge on any atom is 0.139 e. The van der Waals surface area contributed by atoms with Crippen molar-refractivity contribution < 1.29 is 9.63 Å². The summed E-state index contributed by atoms with van der Waals surface area (Å²) in [6, 6.07) is 9.68. The molecule has 3 nitrogen and oxygen atoms in total. The van der Waals surface area contributed by atoms with E-state index in [-0.39, 0.29) is 6.61 Å². The molecule has 0 saturated heterocycles. The van der Waals surface area contributed by atoms with Crippen LogP contribution in [0.2, 0.25) is 0 Å². The molecule has 4 heteroatoms. The van der Waals surface area contributed by atoms with E-state index in [0.29, 0.717) is 12.2 Å². The molecule has 1 aromatic carbocycles. The summed E-state index contributed by atoms with van der Waals surface area (Å²) in [4.78, 5) is 0. The summed E-state index contributed by atoms with van der Waals surface area (Å²) in [7, 11) is 0. The molecule has 1 aromatic heterocycles. The highest BCUT2D eigenvalue weighted by molar-refractivity contribution is 9.10. The summed E-state index contributed by atoms with van der Waals surface area (Å²) in [6.07, 6.45) is 0.501. The van der Waals surface area contributed by atoms with Crippen LogP contribution in [0.1, 0.15) is 5.76 Å². The lowest BCUT2D eigenvalue weighted by Gasteiger charge is -1.94. The Balaban J connectivity index is 2.29. The third kappa shape index (κ3) is 2.46. The van der Waals surface area contributed by atoms with Gasteiger partial charge >= 0.3 is 0 Å². The summed E-state index contributed by atoms with van der Waals surface area (Å²) in [5, 5.41) is 12.7. The molecule has 0 fully saturated rings. The topological polar surface area (TPSA) is 46.3 Å². The molecule has 0 atom stereocenters. The van der Waals surface area contributed by atoms with Gasteiger partial charge in [0.15, 0.2) is 0 Å². The zero-order valence-corrected chi connectivity index (χ0v) is 9.57. The Morgan fingerprint density at radius 3 is 2.93 bits per heavy atom. The van der Waals surface area contributed by atoms with Gasteiger partial charge in [-0.15, -0.1) is 0 Å². The third-order valence-corrected chi connectivity index (χ3v) is 2.53. The van der Waals surface area contributed by atoms with Crippen LogP contribution < -0.4 is 0 Å². The summed E-state index contributed by atoms with van der Waals surface area (Å²) in [5.41, 5.74) is 1.79. The fourth-order valence-corrected chi connectivity index (χ4v) is 1.72. The number of nitrogens with zero attached hydrogens (tertiary/aromatic N) is 1. The van der Waals surface area contributed by atoms with Gasteiger partial charge in [-0.05, 0) is 12.1 Å². The van der Waals surface area contributed by atoms with Crippen LogP contribution in [0.15, 0.2) is 39.3 Å². The summed E-state index contributed by atoms with van der Waals surface area (Å²) < 4.78 is 6.08. The quantitative estimate of drug-likeness (QED) is 0.930. The molecule has 0 aliphatic carbocycles. The maximum atomic E-state index is 8.75. The van der Waals surface area contributed by atoms with Crippen molar-refractivity contribution in [2.45, 2.75) is 6.42 Å². The lowest BCUT2D eigenvalue weighted by atomic mass is 10.1. The highest BCUT2D eigenvalue weighted by atomic mass is 79.9. The Morgan fingerprint density at radius 2 is 2.20 bits per heavy atom. The summed E-state index contributed by atoms with van der Waals surface area (Å²) in [5.74, 6) is 0.701. The first kappa shape index (κ1) is 10.4. The molecule has 0 amide bonds. The SMILES string of the molecule is OCCc1cc(-c2cccc(Br)c2)no1. The van der Waals surface area contributed by atoms with Crippen molar-refractivity contribution in [3.63, 3.8) is 0 Å². The first-order valence-corrected chi connectivity index (χ1v) is 5.41. The zero-order chi connectivity index (χ0) is 10.7. The van der Waals surface area contributed by atoms with Gasteiger partial charge in [0, 0.05) is 22.5 Å². The largest absolute Gasteiger partial charge is 0.396 e. The number of aromatic nitrogens is 1. The summed E-state index contributed by atoms with van der Waals surface area (Å²) in [6.45, 7) is 0.0765. The number of halogens is 1. The van der Waals surface area contributed by atoms with Gasteiger partial charge in [-0.1, -0.05) is 33.2 Å². The van der Waals surface area contributed by atoms with Crippen molar-refractivity contribution in [1.29, 1.82) is 0 Å². The van der Waals surface area contributed by atoms with Gasteiger partial charge in [-0.3, -0.25) is 0 Å². The van der Waals surface area contributed by atoms with Gasteiger partial charge in [-0.2, -0.15) is 0 Å². The Kier molecular flexibility index (Phi) is 3.18. The molecule has 2 aromatic rings. The van der Waals surface area contributed by atoms with E-state index in [1.807, 2.05) is 30.3 Å². The molecule has 0 aliphatic rings. The van der Waals surface area contributed by atoms with E-state index >= 15 is 0 Å². The van der Waals surface area contributed by atoms with E-state index in [4.69, 9.17) is 9.63 Å². The van der Waals surface area contributed by atoms with E-state index in [2.05, 4.69) is 21.1 Å². The monoisotopic (exact) mass is 267 g/mol. The van der Waals surface area contributed by atoms with Crippen LogP contribution in [0, 0.1) is 0 Å². The number of benzene rings is 1. The molecule has 0 bridgehead atoms. The van der Waals surface area contributed by atoms with E-state index in [0.717, 1.165) is 15.7 Å². The van der Waals surface area contributed by atoms with Gasteiger partial charge in [0.2, 0.25) is 0 Å². The highest BCUT2D eigenvalue weighted by Gasteiger charge is 2.05. The lowest BCUT2D eigenvalue weighted by molar-refractivity contribution is 0.277. The Bertz CT molecular complexity index is 453. The minimum absolute atomic E-state index is 0.0765. The Hall–Kier alpha value is -1.13. The van der Waals surface area contributed by atoms with Crippen LogP contribution in [0.4, 0.5) is 0 Å². The molecule has 1 heterocycles. The van der Waals surface area contributed by atoms with Gasteiger partial charge < -0.3 is 9.63 Å². The molecule has 2 rings (SSSR count). The van der Waals surface area contributed by atoms with Crippen molar-refractivity contribution in [1.82, 2.24) is 5.16 Å². The fraction of sp³-hybridized carbons (Fsp3) is 0.182. The van der Waals surface area contributed by atoms with Crippen LogP contribution >= 0.6 is 15.9 Å². The molecule has 0 radical (unpaired) electrons. The maximum absolute atomic E-state index is 8.75. The average Bonchev–Trinajstić information content (AvgIpc) is 2.67. The van der Waals surface area contributed by atoms with E-state index < -0.39 is 0 Å². The number of hydrogen-bond donors (Lipinski definition) is 1. The lowest BCUT2D eigenvalue weighted by Crippen LogP contribution is -1.86. The average molecular weight is 268 g/mol. The van der Waals surface area contributed by atoms with Crippen molar-refractivity contribution in [2.24, 2.45) is 0 Å². The Morgan fingerprint density at radius 1 is 1.33 bits per heavy atom. The fourth-order valence-electron chi connectivity index (χ4n) is 1.32. The van der Waals surface area contributed by atoms with Gasteiger partial charge in [0.1, 0.15) is 11.5 Å². The minimum Gasteiger partial charge on any atom is -0.396 e. The van der Waals surface area contributed by atoms with Crippen molar-refractivity contribution in [3.05, 3.63) is 40.6 Å². The second-order valence-corrected chi connectivity index (χ2v) is 4.08. The van der Waals surface area contributed by atoms with Crippen LogP contribution in [0.5, 0.6) is 0 Å². The predicted octanol–water partition coefficient (Wildman–Crippen LogP) is 2.64. The number of hydrogen-bond acceptors (Lipinski definition) is 3. The second kappa shape index (κ2) is 4.59. The van der Waals surface area contributed by atoms with Gasteiger partial charge in [0.05, 0.1) is 6.61 Å². The van der Waals surface area contributed by atoms with Crippen LogP contribution in [-0.4, -0.2) is 16.9 Å². The first-order valence-electron chi connectivity index (χ1n) is 4.62. The molecule has 15 heavy (non-hydrogen) atoms. The molecule has 0 unspecified atom stereocenters. The van der Waals surface area contributed by atoms with Crippen molar-refractivity contribution >= 4 is 15.9 Å². The summed E-state index contributed by atoms with van der Waals surface area (Å²) >= 11 is 3.40. The van der Waals surface area contributed by atoms with E-state index in [1.54, 1.807) is 0 Å². The van der Waals surface area contributed by atoms with E-state index in [1.165, 1.54) is 0 Å². The normalized spacial score (nSPS) is 10.5. The third-order valence-electron chi connectivity index (χ3n) is 2.04. The Labute approximate surface area is 95.8 Å². The van der Waals surface area contributed by atoms with Crippen molar-refractivity contribution in [2.75, 3.05) is 6.61 Å². The minimum atomic E-state index is 0.0765. The first-order chi connectivity index (χ1) is 7.29. The van der Waals surface area contributed by atoms with Gasteiger partial charge in [0.25, 0.3) is 0 Å². The molecule has 0 spiro atoms. The molecular weight excluding hydrogens is 258 g/mol. The number of rotatable bonds is 3. The standard InChI is InChI=1S/C11H10BrNO2/c12-9-3-1-2-8(6-9)11-7-10(4-5-14)15-13-11/h1-3,6-7,14H,4-5H2. The molecule has 78 valence electrons. The number of aliphatic hydroxyl groups excluding tert-OH is 1. The van der Waals surface area contributed by atoms with Crippen LogP contribution in [0.3, 0.4) is 0 Å². The van der Waals surface area contributed by atoms with Crippen LogP contribution in [0.25, 0.3) is 11.3 Å². The van der Waals surface area contributed by atoms with E-state index in [9.17, 15) is 0 Å². The van der Waals surface area contributed by atoms with Crippen molar-refractivity contribution in [3.8, 4) is 11.3 Å². The van der Waals surface area contributed by atoms with Gasteiger partial charge in [-0.25, -0.2) is 0 Å². The predicted molar refractivity (Wildman–Crippen MR) is 60.4 cm³/mol. The molecule has 1 N–H and O–H groups in total. The molecular formula is C11H10BrNO2. The second-order valence-electron chi connectivity index (χ2n) is 3.16. The smallest absolute Gasteiger partial charge is 0.139 e. The zero-order valence-electron chi connectivity index (χ0n) is 7.98. The number of aliphatic hydroxyl groups is 1.